The highest BCUT2D eigenvalue weighted by molar-refractivity contribution is 7.09. The molecule has 2 heterocycles. The van der Waals surface area contributed by atoms with E-state index < -0.39 is 0 Å². The van der Waals surface area contributed by atoms with E-state index in [9.17, 15) is 0 Å². The van der Waals surface area contributed by atoms with E-state index in [2.05, 4.69) is 34.0 Å². The highest BCUT2D eigenvalue weighted by atomic mass is 32.1. The molecule has 0 amide bonds. The van der Waals surface area contributed by atoms with Crippen molar-refractivity contribution in [2.45, 2.75) is 18.9 Å². The van der Waals surface area contributed by atoms with Crippen LogP contribution in [0.15, 0.2) is 29.8 Å². The maximum Gasteiger partial charge on any atom is 0.0793 e. The van der Waals surface area contributed by atoms with Crippen LogP contribution in [0.5, 0.6) is 0 Å². The van der Waals surface area contributed by atoms with Gasteiger partial charge in [-0.2, -0.15) is 5.10 Å². The van der Waals surface area contributed by atoms with Crippen LogP contribution in [0.4, 0.5) is 0 Å². The summed E-state index contributed by atoms with van der Waals surface area (Å²) in [4.78, 5) is 1.44. The molecule has 0 bridgehead atoms. The topological polar surface area (TPSA) is 29.9 Å². The van der Waals surface area contributed by atoms with Crippen LogP contribution in [0.25, 0.3) is 0 Å². The molecule has 0 saturated carbocycles. The van der Waals surface area contributed by atoms with Crippen molar-refractivity contribution in [3.8, 4) is 0 Å². The van der Waals surface area contributed by atoms with Gasteiger partial charge in [0.1, 0.15) is 0 Å². The third kappa shape index (κ3) is 2.71. The second-order valence-corrected chi connectivity index (χ2v) is 4.91. The van der Waals surface area contributed by atoms with E-state index in [4.69, 9.17) is 0 Å². The van der Waals surface area contributed by atoms with Crippen molar-refractivity contribution in [1.82, 2.24) is 15.1 Å². The summed E-state index contributed by atoms with van der Waals surface area (Å²) in [6.07, 6.45) is 4.19. The fourth-order valence-corrected chi connectivity index (χ4v) is 2.53. The average Bonchev–Trinajstić information content (AvgIpc) is 2.91. The predicted molar refractivity (Wildman–Crippen MR) is 67.6 cm³/mol. The van der Waals surface area contributed by atoms with E-state index in [1.165, 1.54) is 4.88 Å². The van der Waals surface area contributed by atoms with Crippen molar-refractivity contribution >= 4 is 11.3 Å². The highest BCUT2D eigenvalue weighted by Crippen LogP contribution is 2.19. The summed E-state index contributed by atoms with van der Waals surface area (Å²) in [5.41, 5.74) is 1.13. The number of thiophene rings is 1. The summed E-state index contributed by atoms with van der Waals surface area (Å²) < 4.78 is 1.85. The van der Waals surface area contributed by atoms with E-state index >= 15 is 0 Å². The molecule has 16 heavy (non-hydrogen) atoms. The molecule has 0 saturated heterocycles. The van der Waals surface area contributed by atoms with E-state index in [0.29, 0.717) is 6.04 Å². The predicted octanol–water partition coefficient (Wildman–Crippen LogP) is 2.37. The van der Waals surface area contributed by atoms with E-state index in [1.807, 2.05) is 36.3 Å². The van der Waals surface area contributed by atoms with Gasteiger partial charge in [-0.05, 0) is 37.4 Å². The second kappa shape index (κ2) is 5.27. The lowest BCUT2D eigenvalue weighted by Gasteiger charge is -2.12. The smallest absolute Gasteiger partial charge is 0.0793 e. The highest BCUT2D eigenvalue weighted by Gasteiger charge is 2.11. The maximum absolute atomic E-state index is 4.44. The number of rotatable bonds is 5. The van der Waals surface area contributed by atoms with Crippen LogP contribution >= 0.6 is 11.3 Å². The molecule has 2 aromatic rings. The first-order valence-corrected chi connectivity index (χ1v) is 6.37. The minimum atomic E-state index is 0.350. The number of nitrogens with zero attached hydrogens (tertiary/aromatic N) is 2. The molecule has 0 aliphatic carbocycles. The van der Waals surface area contributed by atoms with Crippen LogP contribution in [0.3, 0.4) is 0 Å². The standard InChI is InChI=1S/C12H17N3S/c1-13-11(12-7-8-15(2)14-12)6-5-10-4-3-9-16-10/h3-4,7-9,11,13H,5-6H2,1-2H3. The first-order valence-electron chi connectivity index (χ1n) is 5.49. The molecule has 0 spiro atoms. The summed E-state index contributed by atoms with van der Waals surface area (Å²) in [6.45, 7) is 0. The Kier molecular flexibility index (Phi) is 3.74. The van der Waals surface area contributed by atoms with Crippen molar-refractivity contribution in [2.75, 3.05) is 7.05 Å². The van der Waals surface area contributed by atoms with Gasteiger partial charge in [0.2, 0.25) is 0 Å². The van der Waals surface area contributed by atoms with Gasteiger partial charge in [0, 0.05) is 18.1 Å². The van der Waals surface area contributed by atoms with E-state index in [0.717, 1.165) is 18.5 Å². The maximum atomic E-state index is 4.44. The minimum absolute atomic E-state index is 0.350. The normalized spacial score (nSPS) is 12.9. The zero-order valence-electron chi connectivity index (χ0n) is 9.68. The van der Waals surface area contributed by atoms with Gasteiger partial charge in [-0.3, -0.25) is 4.68 Å². The largest absolute Gasteiger partial charge is 0.312 e. The molecule has 4 heteroatoms. The summed E-state index contributed by atoms with van der Waals surface area (Å²) in [5, 5.41) is 9.89. The van der Waals surface area contributed by atoms with Crippen molar-refractivity contribution in [1.29, 1.82) is 0 Å². The molecule has 1 N–H and O–H groups in total. The number of hydrogen-bond acceptors (Lipinski definition) is 3. The SMILES string of the molecule is CNC(CCc1cccs1)c1ccn(C)n1. The summed E-state index contributed by atoms with van der Waals surface area (Å²) in [6, 6.07) is 6.73. The molecule has 0 aliphatic rings. The molecule has 0 radical (unpaired) electrons. The van der Waals surface area contributed by atoms with Gasteiger partial charge in [0.05, 0.1) is 11.7 Å². The fourth-order valence-electron chi connectivity index (χ4n) is 1.80. The molecule has 2 rings (SSSR count). The Hall–Kier alpha value is -1.13. The lowest BCUT2D eigenvalue weighted by Crippen LogP contribution is -2.17. The molecule has 0 aliphatic heterocycles. The minimum Gasteiger partial charge on any atom is -0.312 e. The van der Waals surface area contributed by atoms with Crippen LogP contribution in [0.2, 0.25) is 0 Å². The second-order valence-electron chi connectivity index (χ2n) is 3.87. The lowest BCUT2D eigenvalue weighted by atomic mass is 10.1. The molecule has 86 valence electrons. The number of nitrogens with one attached hydrogen (secondary N) is 1. The average molecular weight is 235 g/mol. The van der Waals surface area contributed by atoms with Gasteiger partial charge in [-0.1, -0.05) is 6.07 Å². The van der Waals surface area contributed by atoms with Crippen LogP contribution < -0.4 is 5.32 Å². The third-order valence-electron chi connectivity index (χ3n) is 2.70. The Labute approximate surface area is 100 Å². The van der Waals surface area contributed by atoms with Crippen LogP contribution in [-0.2, 0) is 13.5 Å². The fraction of sp³-hybridized carbons (Fsp3) is 0.417. The Balaban J connectivity index is 1.96. The number of aryl methyl sites for hydroxylation is 2. The molecule has 2 aromatic heterocycles. The molecular formula is C12H17N3S. The Morgan fingerprint density at radius 1 is 1.50 bits per heavy atom. The molecular weight excluding hydrogens is 218 g/mol. The van der Waals surface area contributed by atoms with Crippen LogP contribution in [0.1, 0.15) is 23.0 Å². The molecule has 0 fully saturated rings. The molecule has 0 aromatic carbocycles. The van der Waals surface area contributed by atoms with E-state index in [1.54, 1.807) is 0 Å². The van der Waals surface area contributed by atoms with Gasteiger partial charge in [0.15, 0.2) is 0 Å². The van der Waals surface area contributed by atoms with Crippen LogP contribution in [-0.4, -0.2) is 16.8 Å². The monoisotopic (exact) mass is 235 g/mol. The van der Waals surface area contributed by atoms with Crippen molar-refractivity contribution in [2.24, 2.45) is 7.05 Å². The van der Waals surface area contributed by atoms with Gasteiger partial charge in [-0.15, -0.1) is 11.3 Å². The Morgan fingerprint density at radius 2 is 2.38 bits per heavy atom. The summed E-state index contributed by atoms with van der Waals surface area (Å²) in [7, 11) is 3.95. The summed E-state index contributed by atoms with van der Waals surface area (Å²) in [5.74, 6) is 0. The Morgan fingerprint density at radius 3 is 2.94 bits per heavy atom. The quantitative estimate of drug-likeness (QED) is 0.862. The van der Waals surface area contributed by atoms with Crippen LogP contribution in [0, 0.1) is 0 Å². The van der Waals surface area contributed by atoms with E-state index in [-0.39, 0.29) is 0 Å². The number of aromatic nitrogens is 2. The zero-order chi connectivity index (χ0) is 11.4. The third-order valence-corrected chi connectivity index (χ3v) is 3.64. The van der Waals surface area contributed by atoms with Crippen molar-refractivity contribution in [3.05, 3.63) is 40.3 Å². The Bertz CT molecular complexity index is 419. The van der Waals surface area contributed by atoms with Gasteiger partial charge < -0.3 is 5.32 Å². The van der Waals surface area contributed by atoms with Crippen molar-refractivity contribution in [3.63, 3.8) is 0 Å². The molecule has 1 unspecified atom stereocenters. The van der Waals surface area contributed by atoms with Gasteiger partial charge in [-0.25, -0.2) is 0 Å². The molecule has 1 atom stereocenters. The summed E-state index contributed by atoms with van der Waals surface area (Å²) >= 11 is 1.82. The van der Waals surface area contributed by atoms with Gasteiger partial charge in [0.25, 0.3) is 0 Å². The number of hydrogen-bond donors (Lipinski definition) is 1. The first kappa shape index (κ1) is 11.4. The first-order chi connectivity index (χ1) is 7.79. The zero-order valence-corrected chi connectivity index (χ0v) is 10.5. The van der Waals surface area contributed by atoms with Gasteiger partial charge >= 0.3 is 0 Å². The molecule has 3 nitrogen and oxygen atoms in total. The van der Waals surface area contributed by atoms with Crippen molar-refractivity contribution < 1.29 is 0 Å². The lowest BCUT2D eigenvalue weighted by molar-refractivity contribution is 0.528.